The number of nitrogens with zero attached hydrogens (tertiary/aromatic N) is 2. The maximum atomic E-state index is 13.4. The highest BCUT2D eigenvalue weighted by Crippen LogP contribution is 2.29. The van der Waals surface area contributed by atoms with Crippen molar-refractivity contribution in [2.75, 3.05) is 22.1 Å². The van der Waals surface area contributed by atoms with Crippen molar-refractivity contribution in [1.82, 2.24) is 4.98 Å². The van der Waals surface area contributed by atoms with E-state index in [4.69, 9.17) is 0 Å². The third kappa shape index (κ3) is 4.65. The summed E-state index contributed by atoms with van der Waals surface area (Å²) in [7, 11) is 0. The Kier molecular flexibility index (Phi) is 6.27. The molecule has 1 unspecified atom stereocenters. The molecule has 0 radical (unpaired) electrons. The first-order valence-electron chi connectivity index (χ1n) is 11.4. The van der Waals surface area contributed by atoms with Crippen LogP contribution in [0.1, 0.15) is 36.4 Å². The van der Waals surface area contributed by atoms with Gasteiger partial charge in [-0.3, -0.25) is 9.59 Å². The molecule has 1 aromatic heterocycles. The van der Waals surface area contributed by atoms with Crippen molar-refractivity contribution >= 4 is 50.4 Å². The molecule has 2 heterocycles. The van der Waals surface area contributed by atoms with Crippen LogP contribution < -0.4 is 15.5 Å². The first-order valence-corrected chi connectivity index (χ1v) is 12.3. The third-order valence-electron chi connectivity index (χ3n) is 6.12. The Morgan fingerprint density at radius 2 is 1.85 bits per heavy atom. The predicted molar refractivity (Wildman–Crippen MR) is 138 cm³/mol. The van der Waals surface area contributed by atoms with Crippen LogP contribution in [-0.4, -0.2) is 23.3 Å². The number of benzene rings is 3. The highest BCUT2D eigenvalue weighted by Gasteiger charge is 2.23. The van der Waals surface area contributed by atoms with Gasteiger partial charge in [-0.2, -0.15) is 0 Å². The SMILES string of the molecule is Cc1cc(NC(=O)C(Nc2ccc3ncsc3c2)c2ccccc2)ccc1N1CCCCC1=O. The standard InChI is InChI=1S/C27H26N4O2S/c1-18-15-20(11-13-23(18)31-14-6-5-9-25(31)32)30-27(33)26(19-7-3-2-4-8-19)29-21-10-12-22-24(16-21)34-17-28-22/h2-4,7-8,10-13,15-17,26,29H,5-6,9,14H2,1H3,(H,30,33). The summed E-state index contributed by atoms with van der Waals surface area (Å²) in [5, 5.41) is 6.46. The fourth-order valence-corrected chi connectivity index (χ4v) is 5.08. The number of thiazole rings is 1. The van der Waals surface area contributed by atoms with Crippen LogP contribution in [0.2, 0.25) is 0 Å². The number of anilines is 3. The number of aryl methyl sites for hydroxylation is 1. The molecule has 172 valence electrons. The molecular formula is C27H26N4O2S. The van der Waals surface area contributed by atoms with E-state index in [1.165, 1.54) is 0 Å². The molecule has 5 rings (SSSR count). The number of fused-ring (bicyclic) bond motifs is 1. The monoisotopic (exact) mass is 470 g/mol. The maximum absolute atomic E-state index is 13.4. The van der Waals surface area contributed by atoms with Crippen molar-refractivity contribution < 1.29 is 9.59 Å². The van der Waals surface area contributed by atoms with Crippen LogP contribution in [0.4, 0.5) is 17.1 Å². The molecule has 0 aliphatic carbocycles. The summed E-state index contributed by atoms with van der Waals surface area (Å²) in [6.45, 7) is 2.72. The maximum Gasteiger partial charge on any atom is 0.251 e. The number of nitrogens with one attached hydrogen (secondary N) is 2. The lowest BCUT2D eigenvalue weighted by Crippen LogP contribution is -2.35. The molecule has 7 heteroatoms. The van der Waals surface area contributed by atoms with Crippen LogP contribution >= 0.6 is 11.3 Å². The van der Waals surface area contributed by atoms with E-state index in [2.05, 4.69) is 15.6 Å². The second-order valence-electron chi connectivity index (χ2n) is 8.52. The minimum absolute atomic E-state index is 0.156. The van der Waals surface area contributed by atoms with Crippen molar-refractivity contribution in [3.05, 3.63) is 83.4 Å². The zero-order valence-electron chi connectivity index (χ0n) is 19.0. The zero-order chi connectivity index (χ0) is 23.5. The van der Waals surface area contributed by atoms with Gasteiger partial charge in [0.1, 0.15) is 6.04 Å². The molecule has 34 heavy (non-hydrogen) atoms. The van der Waals surface area contributed by atoms with Gasteiger partial charge >= 0.3 is 0 Å². The Labute approximate surface area is 202 Å². The molecule has 1 aliphatic rings. The van der Waals surface area contributed by atoms with E-state index < -0.39 is 6.04 Å². The van der Waals surface area contributed by atoms with E-state index in [1.54, 1.807) is 11.3 Å². The van der Waals surface area contributed by atoms with Gasteiger partial charge in [0, 0.05) is 30.0 Å². The molecule has 1 saturated heterocycles. The highest BCUT2D eigenvalue weighted by atomic mass is 32.1. The molecule has 1 aliphatic heterocycles. The van der Waals surface area contributed by atoms with Crippen molar-refractivity contribution in [3.63, 3.8) is 0 Å². The molecule has 6 nitrogen and oxygen atoms in total. The van der Waals surface area contributed by atoms with Crippen molar-refractivity contribution in [2.24, 2.45) is 0 Å². The number of piperidine rings is 1. The summed E-state index contributed by atoms with van der Waals surface area (Å²) in [6, 6.07) is 20.8. The Morgan fingerprint density at radius 3 is 2.65 bits per heavy atom. The van der Waals surface area contributed by atoms with Crippen LogP contribution in [0.25, 0.3) is 10.2 Å². The van der Waals surface area contributed by atoms with E-state index in [9.17, 15) is 9.59 Å². The summed E-state index contributed by atoms with van der Waals surface area (Å²) in [5.41, 5.74) is 7.08. The minimum atomic E-state index is -0.574. The number of rotatable bonds is 6. The van der Waals surface area contributed by atoms with Crippen molar-refractivity contribution in [2.45, 2.75) is 32.2 Å². The lowest BCUT2D eigenvalue weighted by molar-refractivity contribution is -0.119. The van der Waals surface area contributed by atoms with E-state index in [0.29, 0.717) is 12.1 Å². The second kappa shape index (κ2) is 9.65. The second-order valence-corrected chi connectivity index (χ2v) is 9.40. The van der Waals surface area contributed by atoms with E-state index in [1.807, 2.05) is 84.1 Å². The highest BCUT2D eigenvalue weighted by molar-refractivity contribution is 7.16. The van der Waals surface area contributed by atoms with Gasteiger partial charge in [-0.15, -0.1) is 11.3 Å². The fourth-order valence-electron chi connectivity index (χ4n) is 4.37. The van der Waals surface area contributed by atoms with E-state index in [0.717, 1.165) is 52.1 Å². The van der Waals surface area contributed by atoms with Crippen molar-refractivity contribution in [3.8, 4) is 0 Å². The van der Waals surface area contributed by atoms with Gasteiger partial charge in [-0.25, -0.2) is 4.98 Å². The number of carbonyl (C=O) groups is 2. The molecule has 4 aromatic rings. The number of carbonyl (C=O) groups excluding carboxylic acids is 2. The summed E-state index contributed by atoms with van der Waals surface area (Å²) in [5.74, 6) is 0.00851. The summed E-state index contributed by atoms with van der Waals surface area (Å²) < 4.78 is 1.07. The van der Waals surface area contributed by atoms with Crippen LogP contribution in [-0.2, 0) is 9.59 Å². The van der Waals surface area contributed by atoms with Gasteiger partial charge in [-0.1, -0.05) is 30.3 Å². The van der Waals surface area contributed by atoms with Gasteiger partial charge in [0.05, 0.1) is 15.7 Å². The first-order chi connectivity index (χ1) is 16.6. The zero-order valence-corrected chi connectivity index (χ0v) is 19.8. The fraction of sp³-hybridized carbons (Fsp3) is 0.222. The van der Waals surface area contributed by atoms with E-state index >= 15 is 0 Å². The Balaban J connectivity index is 1.38. The summed E-state index contributed by atoms with van der Waals surface area (Å²) in [6.07, 6.45) is 2.56. The average molecular weight is 471 g/mol. The Bertz CT molecular complexity index is 1330. The normalized spacial score (nSPS) is 14.7. The molecule has 2 amide bonds. The number of hydrogen-bond donors (Lipinski definition) is 2. The smallest absolute Gasteiger partial charge is 0.251 e. The van der Waals surface area contributed by atoms with Crippen molar-refractivity contribution in [1.29, 1.82) is 0 Å². The topological polar surface area (TPSA) is 74.3 Å². The van der Waals surface area contributed by atoms with Crippen LogP contribution in [0.3, 0.4) is 0 Å². The molecular weight excluding hydrogens is 444 g/mol. The first kappa shape index (κ1) is 22.1. The molecule has 1 fully saturated rings. The van der Waals surface area contributed by atoms with Gasteiger partial charge < -0.3 is 15.5 Å². The molecule has 0 spiro atoms. The Hall–Kier alpha value is -3.71. The molecule has 0 bridgehead atoms. The van der Waals surface area contributed by atoms with Crippen LogP contribution in [0.15, 0.2) is 72.2 Å². The number of hydrogen-bond acceptors (Lipinski definition) is 5. The lowest BCUT2D eigenvalue weighted by atomic mass is 10.0. The van der Waals surface area contributed by atoms with Crippen LogP contribution in [0.5, 0.6) is 0 Å². The molecule has 1 atom stereocenters. The molecule has 0 saturated carbocycles. The summed E-state index contributed by atoms with van der Waals surface area (Å²) >= 11 is 1.57. The van der Waals surface area contributed by atoms with Crippen LogP contribution in [0, 0.1) is 6.92 Å². The number of amides is 2. The molecule has 2 N–H and O–H groups in total. The van der Waals surface area contributed by atoms with Gasteiger partial charge in [0.25, 0.3) is 5.91 Å². The van der Waals surface area contributed by atoms with E-state index in [-0.39, 0.29) is 11.8 Å². The van der Waals surface area contributed by atoms with Gasteiger partial charge in [-0.05, 0) is 67.3 Å². The summed E-state index contributed by atoms with van der Waals surface area (Å²) in [4.78, 5) is 32.0. The predicted octanol–water partition coefficient (Wildman–Crippen LogP) is 5.91. The lowest BCUT2D eigenvalue weighted by Gasteiger charge is -2.28. The van der Waals surface area contributed by atoms with Gasteiger partial charge in [0.15, 0.2) is 0 Å². The van der Waals surface area contributed by atoms with Gasteiger partial charge in [0.2, 0.25) is 5.91 Å². The Morgan fingerprint density at radius 1 is 1.03 bits per heavy atom. The quantitative estimate of drug-likeness (QED) is 0.367. The number of aromatic nitrogens is 1. The minimum Gasteiger partial charge on any atom is -0.370 e. The third-order valence-corrected chi connectivity index (χ3v) is 6.91. The average Bonchev–Trinajstić information content (AvgIpc) is 3.32. The largest absolute Gasteiger partial charge is 0.370 e. The molecule has 3 aromatic carbocycles.